The van der Waals surface area contributed by atoms with Crippen LogP contribution in [0.2, 0.25) is 0 Å². The average Bonchev–Trinajstić information content (AvgIpc) is 2.81. The van der Waals surface area contributed by atoms with Gasteiger partial charge in [0.2, 0.25) is 0 Å². The molecule has 1 heterocycles. The second-order valence-corrected chi connectivity index (χ2v) is 7.47. The van der Waals surface area contributed by atoms with E-state index in [1.165, 1.54) is 14.2 Å². The van der Waals surface area contributed by atoms with E-state index in [0.29, 0.717) is 0 Å². The molecule has 1 aliphatic carbocycles. The predicted octanol–water partition coefficient (Wildman–Crippen LogP) is -1.76. The van der Waals surface area contributed by atoms with Crippen LogP contribution in [0.4, 0.5) is 0 Å². The van der Waals surface area contributed by atoms with E-state index < -0.39 is 73.3 Å². The van der Waals surface area contributed by atoms with Gasteiger partial charge in [-0.3, -0.25) is 9.59 Å². The van der Waals surface area contributed by atoms with Gasteiger partial charge in [0.25, 0.3) is 0 Å². The van der Waals surface area contributed by atoms with Crippen LogP contribution in [0.25, 0.3) is 10.4 Å². The quantitative estimate of drug-likeness (QED) is 0.0989. The second-order valence-electron chi connectivity index (χ2n) is 7.47. The summed E-state index contributed by atoms with van der Waals surface area (Å²) in [7, 11) is 2.36. The van der Waals surface area contributed by atoms with Crippen LogP contribution in [0.1, 0.15) is 12.8 Å². The van der Waals surface area contributed by atoms with E-state index in [1.807, 2.05) is 0 Å². The van der Waals surface area contributed by atoms with Crippen LogP contribution in [-0.2, 0) is 33.3 Å². The van der Waals surface area contributed by atoms with Crippen molar-refractivity contribution >= 4 is 11.9 Å². The lowest BCUT2D eigenvalue weighted by Gasteiger charge is -2.44. The highest BCUT2D eigenvalue weighted by Crippen LogP contribution is 2.37. The van der Waals surface area contributed by atoms with E-state index >= 15 is 0 Å². The Bertz CT molecular complexity index is 687. The third kappa shape index (κ3) is 6.05. The molecule has 1 saturated heterocycles. The van der Waals surface area contributed by atoms with Crippen molar-refractivity contribution in [3.8, 4) is 0 Å². The zero-order chi connectivity index (χ0) is 23.8. The highest BCUT2D eigenvalue weighted by atomic mass is 16.7. The van der Waals surface area contributed by atoms with Crippen molar-refractivity contribution in [2.45, 2.75) is 55.8 Å². The Morgan fingerprint density at radius 3 is 2.16 bits per heavy atom. The molecule has 2 rings (SSSR count). The van der Waals surface area contributed by atoms with E-state index in [1.54, 1.807) is 0 Å². The fraction of sp³-hybridized carbons (Fsp3) is 0.889. The van der Waals surface area contributed by atoms with Crippen molar-refractivity contribution in [1.82, 2.24) is 0 Å². The van der Waals surface area contributed by atoms with Gasteiger partial charge < -0.3 is 44.1 Å². The second kappa shape index (κ2) is 12.3. The summed E-state index contributed by atoms with van der Waals surface area (Å²) in [5.74, 6) is -3.16. The lowest BCUT2D eigenvalue weighted by molar-refractivity contribution is -0.322. The maximum Gasteiger partial charge on any atom is 0.309 e. The van der Waals surface area contributed by atoms with Crippen LogP contribution in [0.3, 0.4) is 0 Å². The Kier molecular flexibility index (Phi) is 10.1. The minimum atomic E-state index is -1.66. The largest absolute Gasteiger partial charge is 0.469 e. The van der Waals surface area contributed by atoms with Crippen molar-refractivity contribution in [1.29, 1.82) is 0 Å². The highest BCUT2D eigenvalue weighted by molar-refractivity contribution is 5.82. The molecule has 0 aromatic carbocycles. The zero-order valence-corrected chi connectivity index (χ0v) is 17.7. The maximum atomic E-state index is 12.3. The topological polar surface area (TPSA) is 210 Å². The van der Waals surface area contributed by atoms with Crippen molar-refractivity contribution in [2.75, 3.05) is 34.0 Å². The molecule has 4 N–H and O–H groups in total. The first kappa shape index (κ1) is 26.2. The minimum absolute atomic E-state index is 0.00306. The number of hydrogen-bond acceptors (Lipinski definition) is 12. The summed E-state index contributed by atoms with van der Waals surface area (Å²) in [5.41, 5.74) is 8.42. The van der Waals surface area contributed by atoms with Gasteiger partial charge in [0, 0.05) is 11.5 Å². The summed E-state index contributed by atoms with van der Waals surface area (Å²) < 4.78 is 26.5. The zero-order valence-electron chi connectivity index (χ0n) is 17.7. The van der Waals surface area contributed by atoms with Gasteiger partial charge in [0.15, 0.2) is 6.29 Å². The van der Waals surface area contributed by atoms with Gasteiger partial charge in [0.1, 0.15) is 24.4 Å². The van der Waals surface area contributed by atoms with Crippen molar-refractivity contribution in [2.24, 2.45) is 17.0 Å². The van der Waals surface area contributed by atoms with Gasteiger partial charge in [-0.25, -0.2) is 0 Å². The fourth-order valence-electron chi connectivity index (χ4n) is 3.92. The summed E-state index contributed by atoms with van der Waals surface area (Å²) in [6.45, 7) is -0.653. The van der Waals surface area contributed by atoms with Gasteiger partial charge in [-0.2, -0.15) is 0 Å². The number of esters is 2. The van der Waals surface area contributed by atoms with Crippen molar-refractivity contribution in [3.05, 3.63) is 10.4 Å². The van der Waals surface area contributed by atoms with E-state index in [2.05, 4.69) is 10.0 Å². The number of rotatable bonds is 9. The third-order valence-corrected chi connectivity index (χ3v) is 5.62. The van der Waals surface area contributed by atoms with Crippen molar-refractivity contribution < 1.29 is 53.7 Å². The number of carbonyl (C=O) groups is 2. The smallest absolute Gasteiger partial charge is 0.309 e. The molecule has 2 fully saturated rings. The number of methoxy groups -OCH3 is 2. The Morgan fingerprint density at radius 1 is 1.03 bits per heavy atom. The summed E-state index contributed by atoms with van der Waals surface area (Å²) in [6, 6.07) is 0. The lowest BCUT2D eigenvalue weighted by Crippen LogP contribution is -2.60. The minimum Gasteiger partial charge on any atom is -0.469 e. The molecule has 0 aromatic heterocycles. The first-order valence-electron chi connectivity index (χ1n) is 10.0. The van der Waals surface area contributed by atoms with Crippen LogP contribution < -0.4 is 0 Å². The molecule has 0 aromatic rings. The monoisotopic (exact) mass is 463 g/mol. The number of hydrogen-bond donors (Lipinski definition) is 4. The normalized spacial score (nSPS) is 37.2. The average molecular weight is 463 g/mol. The molecule has 0 spiro atoms. The molecule has 0 radical (unpaired) electrons. The number of ether oxygens (including phenoxy) is 5. The SMILES string of the molecule is COC(=O)[C@H]1C[C@H](OCCN=[N+]=[N-])[C@@H](O[C@H]2O[C@H](CO)[C@@H](O)[C@H](O)[C@@H]2O)C[C@@H]1C(=O)OC. The standard InChI is InChI=1S/C18H29N3O11/c1-28-16(26)8-5-10(30-4-3-20-21-19)11(6-9(8)17(27)29-2)31-18-15(25)14(24)13(23)12(7-22)32-18/h8-15,18,22-25H,3-7H2,1-2H3/t8-,9-,10-,11-,12+,13+,14-,15-,18-/m0/s1. The van der Waals surface area contributed by atoms with Gasteiger partial charge in [-0.05, 0) is 18.4 Å². The molecule has 0 unspecified atom stereocenters. The van der Waals surface area contributed by atoms with Gasteiger partial charge in [0.05, 0.1) is 51.5 Å². The molecule has 2 aliphatic rings. The molecule has 14 nitrogen and oxygen atoms in total. The number of aliphatic hydroxyl groups is 4. The molecule has 182 valence electrons. The van der Waals surface area contributed by atoms with Crippen molar-refractivity contribution in [3.63, 3.8) is 0 Å². The van der Waals surface area contributed by atoms with Gasteiger partial charge >= 0.3 is 11.9 Å². The Hall–Kier alpha value is -2.03. The van der Waals surface area contributed by atoms with Crippen LogP contribution in [0.5, 0.6) is 0 Å². The molecule has 32 heavy (non-hydrogen) atoms. The number of azide groups is 1. The Labute approximate surface area is 183 Å². The van der Waals surface area contributed by atoms with E-state index in [9.17, 15) is 30.0 Å². The molecule has 1 aliphatic heterocycles. The Balaban J connectivity index is 2.24. The molecule has 0 amide bonds. The summed E-state index contributed by atoms with van der Waals surface area (Å²) >= 11 is 0. The third-order valence-electron chi connectivity index (χ3n) is 5.62. The highest BCUT2D eigenvalue weighted by Gasteiger charge is 2.50. The molecule has 9 atom stereocenters. The predicted molar refractivity (Wildman–Crippen MR) is 103 cm³/mol. The molecule has 14 heteroatoms. The van der Waals surface area contributed by atoms with Crippen LogP contribution in [-0.4, -0.2) is 109 Å². The number of aliphatic hydroxyl groups excluding tert-OH is 4. The summed E-state index contributed by atoms with van der Waals surface area (Å²) in [5, 5.41) is 43.0. The summed E-state index contributed by atoms with van der Waals surface area (Å²) in [4.78, 5) is 27.2. The fourth-order valence-corrected chi connectivity index (χ4v) is 3.92. The number of carbonyl (C=O) groups excluding carboxylic acids is 2. The molecule has 1 saturated carbocycles. The van der Waals surface area contributed by atoms with Crippen LogP contribution in [0.15, 0.2) is 5.11 Å². The first-order valence-corrected chi connectivity index (χ1v) is 10.0. The Morgan fingerprint density at radius 2 is 1.62 bits per heavy atom. The summed E-state index contributed by atoms with van der Waals surface area (Å²) in [6.07, 6.45) is -9.35. The number of nitrogens with zero attached hydrogens (tertiary/aromatic N) is 3. The lowest BCUT2D eigenvalue weighted by atomic mass is 9.76. The maximum absolute atomic E-state index is 12.3. The van der Waals surface area contributed by atoms with E-state index in [-0.39, 0.29) is 26.0 Å². The van der Waals surface area contributed by atoms with Gasteiger partial charge in [-0.1, -0.05) is 5.11 Å². The van der Waals surface area contributed by atoms with Gasteiger partial charge in [-0.15, -0.1) is 0 Å². The van der Waals surface area contributed by atoms with Crippen LogP contribution >= 0.6 is 0 Å². The van der Waals surface area contributed by atoms with E-state index in [0.717, 1.165) is 0 Å². The van der Waals surface area contributed by atoms with E-state index in [4.69, 9.17) is 29.2 Å². The molecular formula is C18H29N3O11. The molecular weight excluding hydrogens is 434 g/mol. The molecule has 0 bridgehead atoms. The first-order chi connectivity index (χ1) is 15.3. The van der Waals surface area contributed by atoms with Crippen LogP contribution in [0, 0.1) is 11.8 Å².